The zero-order chi connectivity index (χ0) is 16.6. The van der Waals surface area contributed by atoms with Gasteiger partial charge in [-0.15, -0.1) is 0 Å². The van der Waals surface area contributed by atoms with E-state index in [1.807, 2.05) is 6.07 Å². The topological polar surface area (TPSA) is 63.6 Å². The Kier molecular flexibility index (Phi) is 4.46. The Balaban J connectivity index is 2.38. The van der Waals surface area contributed by atoms with E-state index in [4.69, 9.17) is 4.74 Å². The molecule has 7 heteroatoms. The van der Waals surface area contributed by atoms with E-state index in [1.165, 1.54) is 0 Å². The number of ether oxygens (including phenoxy) is 1. The van der Waals surface area contributed by atoms with E-state index in [0.29, 0.717) is 25.5 Å². The molecule has 0 aliphatic heterocycles. The zero-order valence-corrected chi connectivity index (χ0v) is 15.5. The Morgan fingerprint density at radius 1 is 0.826 bits per heavy atom. The van der Waals surface area contributed by atoms with Crippen LogP contribution in [0.3, 0.4) is 0 Å². The third-order valence-corrected chi connectivity index (χ3v) is 6.26. The Bertz CT molecular complexity index is 986. The molecule has 0 amide bonds. The van der Waals surface area contributed by atoms with Crippen molar-refractivity contribution in [3.63, 3.8) is 0 Å². The highest BCUT2D eigenvalue weighted by molar-refractivity contribution is 9.13. The first-order valence-electron chi connectivity index (χ1n) is 6.49. The highest BCUT2D eigenvalue weighted by atomic mass is 79.9. The van der Waals surface area contributed by atoms with Crippen LogP contribution in [0.1, 0.15) is 0 Å². The first-order valence-corrected chi connectivity index (χ1v) is 9.52. The van der Waals surface area contributed by atoms with Gasteiger partial charge < -0.3 is 4.74 Å². The molecule has 3 rings (SSSR count). The summed E-state index contributed by atoms with van der Waals surface area (Å²) in [7, 11) is -4.50. The van der Waals surface area contributed by atoms with Crippen LogP contribution in [0.2, 0.25) is 0 Å². The number of benzene rings is 3. The molecule has 23 heavy (non-hydrogen) atoms. The Morgan fingerprint density at radius 2 is 1.39 bits per heavy atom. The van der Waals surface area contributed by atoms with Crippen LogP contribution in [0.5, 0.6) is 11.5 Å². The van der Waals surface area contributed by atoms with Crippen LogP contribution in [0.25, 0.3) is 10.8 Å². The first kappa shape index (κ1) is 16.4. The molecule has 1 N–H and O–H groups in total. The number of halogens is 2. The molecule has 3 aromatic carbocycles. The summed E-state index contributed by atoms with van der Waals surface area (Å²) in [5, 5.41) is 1.02. The molecule has 0 saturated heterocycles. The minimum absolute atomic E-state index is 0.0317. The second-order valence-electron chi connectivity index (χ2n) is 4.72. The van der Waals surface area contributed by atoms with Crippen LogP contribution in [0.4, 0.5) is 0 Å². The van der Waals surface area contributed by atoms with Gasteiger partial charge >= 0.3 is 0 Å². The number of para-hydroxylation sites is 1. The predicted octanol–water partition coefficient (Wildman–Crippen LogP) is 5.40. The van der Waals surface area contributed by atoms with Crippen LogP contribution in [0.15, 0.2) is 68.4 Å². The summed E-state index contributed by atoms with van der Waals surface area (Å²) in [6.07, 6.45) is 0. The molecule has 118 valence electrons. The molecule has 0 heterocycles. The summed E-state index contributed by atoms with van der Waals surface area (Å²) >= 11 is 6.80. The maximum Gasteiger partial charge on any atom is 0.298 e. The molecular formula is C16H10Br2O4S. The summed E-state index contributed by atoms with van der Waals surface area (Å²) in [6.45, 7) is 0. The lowest BCUT2D eigenvalue weighted by Crippen LogP contribution is -2.04. The average Bonchev–Trinajstić information content (AvgIpc) is 2.52. The van der Waals surface area contributed by atoms with Crippen LogP contribution >= 0.6 is 31.9 Å². The third kappa shape index (κ3) is 3.14. The summed E-state index contributed by atoms with van der Waals surface area (Å²) in [5.41, 5.74) is 0. The fraction of sp³-hybridized carbons (Fsp3) is 0. The van der Waals surface area contributed by atoms with Gasteiger partial charge in [-0.05, 0) is 49.4 Å². The lowest BCUT2D eigenvalue weighted by Gasteiger charge is -2.16. The summed E-state index contributed by atoms with van der Waals surface area (Å²) < 4.78 is 40.4. The average molecular weight is 458 g/mol. The number of fused-ring (bicyclic) bond motifs is 1. The van der Waals surface area contributed by atoms with E-state index in [0.717, 1.165) is 0 Å². The summed E-state index contributed by atoms with van der Waals surface area (Å²) in [6, 6.07) is 15.6. The molecule has 0 unspecified atom stereocenters. The van der Waals surface area contributed by atoms with Crippen molar-refractivity contribution in [2.45, 2.75) is 4.90 Å². The number of rotatable bonds is 3. The van der Waals surface area contributed by atoms with Crippen molar-refractivity contribution in [3.8, 4) is 11.5 Å². The third-order valence-electron chi connectivity index (χ3n) is 3.23. The van der Waals surface area contributed by atoms with Gasteiger partial charge in [0.25, 0.3) is 10.1 Å². The largest absolute Gasteiger partial charge is 0.455 e. The molecule has 0 aromatic heterocycles. The number of hydrogen-bond acceptors (Lipinski definition) is 3. The molecule has 3 aromatic rings. The lowest BCUT2D eigenvalue weighted by molar-refractivity contribution is 0.450. The Morgan fingerprint density at radius 3 is 2.00 bits per heavy atom. The molecule has 0 aliphatic carbocycles. The lowest BCUT2D eigenvalue weighted by atomic mass is 10.1. The minimum Gasteiger partial charge on any atom is -0.455 e. The van der Waals surface area contributed by atoms with E-state index in [1.54, 1.807) is 48.5 Å². The second kappa shape index (κ2) is 6.24. The molecule has 4 nitrogen and oxygen atoms in total. The smallest absolute Gasteiger partial charge is 0.298 e. The van der Waals surface area contributed by atoms with Gasteiger partial charge in [-0.2, -0.15) is 8.42 Å². The molecule has 0 saturated carbocycles. The molecular weight excluding hydrogens is 448 g/mol. The monoisotopic (exact) mass is 456 g/mol. The maximum atomic E-state index is 12.0. The SMILES string of the molecule is O=S(=O)(O)c1c(Oc2ccccc2)c(Br)c(Br)c2ccccc12. The second-order valence-corrected chi connectivity index (χ2v) is 7.67. The molecule has 0 atom stereocenters. The van der Waals surface area contributed by atoms with Crippen LogP contribution in [-0.2, 0) is 10.1 Å². The normalized spacial score (nSPS) is 11.6. The van der Waals surface area contributed by atoms with Crippen molar-refractivity contribution in [1.29, 1.82) is 0 Å². The van der Waals surface area contributed by atoms with Crippen molar-refractivity contribution in [3.05, 3.63) is 63.5 Å². The van der Waals surface area contributed by atoms with Gasteiger partial charge in [0.1, 0.15) is 10.6 Å². The van der Waals surface area contributed by atoms with Gasteiger partial charge in [0, 0.05) is 9.86 Å². The summed E-state index contributed by atoms with van der Waals surface area (Å²) in [4.78, 5) is -0.271. The molecule has 0 radical (unpaired) electrons. The van der Waals surface area contributed by atoms with E-state index in [9.17, 15) is 13.0 Å². The molecule has 0 aliphatic rings. The van der Waals surface area contributed by atoms with Crippen molar-refractivity contribution in [1.82, 2.24) is 0 Å². The minimum atomic E-state index is -4.50. The zero-order valence-electron chi connectivity index (χ0n) is 11.5. The quantitative estimate of drug-likeness (QED) is 0.534. The van der Waals surface area contributed by atoms with Crippen LogP contribution < -0.4 is 4.74 Å². The van der Waals surface area contributed by atoms with Crippen molar-refractivity contribution >= 4 is 52.8 Å². The fourth-order valence-corrected chi connectivity index (χ4v) is 4.25. The Labute approximate surface area is 150 Å². The van der Waals surface area contributed by atoms with Crippen LogP contribution in [-0.4, -0.2) is 13.0 Å². The van der Waals surface area contributed by atoms with Crippen molar-refractivity contribution < 1.29 is 17.7 Å². The van der Waals surface area contributed by atoms with Gasteiger partial charge in [-0.1, -0.05) is 42.5 Å². The number of hydrogen-bond donors (Lipinski definition) is 1. The van der Waals surface area contributed by atoms with Gasteiger partial charge in [-0.3, -0.25) is 4.55 Å². The van der Waals surface area contributed by atoms with E-state index in [2.05, 4.69) is 31.9 Å². The molecule has 0 bridgehead atoms. The summed E-state index contributed by atoms with van der Waals surface area (Å²) in [5.74, 6) is 0.490. The fourth-order valence-electron chi connectivity index (χ4n) is 2.27. The van der Waals surface area contributed by atoms with Gasteiger partial charge in [-0.25, -0.2) is 0 Å². The highest BCUT2D eigenvalue weighted by Crippen LogP contribution is 2.46. The standard InChI is InChI=1S/C16H10Br2O4S/c17-13-11-8-4-5-9-12(11)16(23(19,20)21)15(14(13)18)22-10-6-2-1-3-7-10/h1-9H,(H,19,20,21). The van der Waals surface area contributed by atoms with Gasteiger partial charge in [0.2, 0.25) is 0 Å². The van der Waals surface area contributed by atoms with Gasteiger partial charge in [0.15, 0.2) is 5.75 Å². The van der Waals surface area contributed by atoms with Gasteiger partial charge in [0.05, 0.1) is 4.47 Å². The highest BCUT2D eigenvalue weighted by Gasteiger charge is 2.26. The Hall–Kier alpha value is -1.41. The van der Waals surface area contributed by atoms with E-state index < -0.39 is 10.1 Å². The first-order chi connectivity index (χ1) is 10.9. The van der Waals surface area contributed by atoms with E-state index >= 15 is 0 Å². The van der Waals surface area contributed by atoms with E-state index in [-0.39, 0.29) is 10.6 Å². The van der Waals surface area contributed by atoms with Crippen molar-refractivity contribution in [2.75, 3.05) is 0 Å². The van der Waals surface area contributed by atoms with Crippen molar-refractivity contribution in [2.24, 2.45) is 0 Å². The molecule has 0 fully saturated rings. The molecule has 0 spiro atoms. The van der Waals surface area contributed by atoms with Crippen LogP contribution in [0, 0.1) is 0 Å². The predicted molar refractivity (Wildman–Crippen MR) is 95.7 cm³/mol. The maximum absolute atomic E-state index is 12.0.